The second-order valence-electron chi connectivity index (χ2n) is 6.18. The molecule has 114 valence electrons. The van der Waals surface area contributed by atoms with Crippen molar-refractivity contribution in [2.45, 2.75) is 6.92 Å². The minimum absolute atomic E-state index is 0.907. The Hall–Kier alpha value is -3.13. The summed E-state index contributed by atoms with van der Waals surface area (Å²) >= 11 is 0. The average molecular weight is 309 g/mol. The van der Waals surface area contributed by atoms with Gasteiger partial charge in [0.05, 0.1) is 11.2 Å². The lowest BCUT2D eigenvalue weighted by molar-refractivity contribution is 0.669. The molecule has 0 aliphatic carbocycles. The van der Waals surface area contributed by atoms with E-state index < -0.39 is 0 Å². The minimum Gasteiger partial charge on any atom is -0.455 e. The van der Waals surface area contributed by atoms with Crippen molar-refractivity contribution < 1.29 is 4.42 Å². The van der Waals surface area contributed by atoms with E-state index in [9.17, 15) is 0 Å². The van der Waals surface area contributed by atoms with Crippen LogP contribution in [0.3, 0.4) is 0 Å². The first-order valence-corrected chi connectivity index (χ1v) is 8.08. The highest BCUT2D eigenvalue weighted by atomic mass is 16.3. The number of pyridine rings is 1. The van der Waals surface area contributed by atoms with Crippen LogP contribution in [0.2, 0.25) is 0 Å². The topological polar surface area (TPSA) is 26.0 Å². The zero-order valence-corrected chi connectivity index (χ0v) is 13.3. The van der Waals surface area contributed by atoms with Crippen LogP contribution in [0.15, 0.2) is 77.2 Å². The maximum absolute atomic E-state index is 6.17. The van der Waals surface area contributed by atoms with Crippen LogP contribution in [0.4, 0.5) is 0 Å². The predicted octanol–water partition coefficient (Wildman–Crippen LogP) is 6.11. The molecule has 0 spiro atoms. The van der Waals surface area contributed by atoms with Crippen molar-refractivity contribution in [2.24, 2.45) is 0 Å². The van der Waals surface area contributed by atoms with E-state index in [0.29, 0.717) is 0 Å². The quantitative estimate of drug-likeness (QED) is 0.373. The number of nitrogens with zero attached hydrogens (tertiary/aromatic N) is 1. The van der Waals surface area contributed by atoms with Gasteiger partial charge in [-0.3, -0.25) is 0 Å². The molecule has 0 saturated carbocycles. The standard InChI is InChI=1S/C22H15NO/c1-14-12-17-16-7-3-5-9-21(16)24-22(17)18(13-14)20-11-10-15-6-2-4-8-19(15)23-20/h2-13H,1H3. The molecule has 5 aromatic rings. The second kappa shape index (κ2) is 4.93. The van der Waals surface area contributed by atoms with Gasteiger partial charge in [-0.15, -0.1) is 0 Å². The summed E-state index contributed by atoms with van der Waals surface area (Å²) in [4.78, 5) is 4.85. The number of benzene rings is 3. The molecule has 0 aliphatic heterocycles. The third kappa shape index (κ3) is 1.93. The Kier molecular flexibility index (Phi) is 2.74. The van der Waals surface area contributed by atoms with Gasteiger partial charge in [0.15, 0.2) is 0 Å². The first kappa shape index (κ1) is 13.3. The molecule has 2 nitrogen and oxygen atoms in total. The Morgan fingerprint density at radius 2 is 1.62 bits per heavy atom. The highest BCUT2D eigenvalue weighted by molar-refractivity contribution is 6.09. The largest absolute Gasteiger partial charge is 0.455 e. The van der Waals surface area contributed by atoms with Crippen molar-refractivity contribution in [1.29, 1.82) is 0 Å². The Labute approximate surface area is 139 Å². The van der Waals surface area contributed by atoms with Crippen LogP contribution in [0.5, 0.6) is 0 Å². The number of rotatable bonds is 1. The molecule has 0 radical (unpaired) electrons. The molecule has 2 aromatic heterocycles. The van der Waals surface area contributed by atoms with E-state index in [1.807, 2.05) is 36.4 Å². The maximum atomic E-state index is 6.17. The zero-order chi connectivity index (χ0) is 16.1. The normalized spacial score (nSPS) is 11.5. The van der Waals surface area contributed by atoms with Crippen LogP contribution >= 0.6 is 0 Å². The fourth-order valence-electron chi connectivity index (χ4n) is 3.38. The van der Waals surface area contributed by atoms with E-state index in [2.05, 4.69) is 43.3 Å². The molecular weight excluding hydrogens is 294 g/mol. The number of hydrogen-bond acceptors (Lipinski definition) is 2. The summed E-state index contributed by atoms with van der Waals surface area (Å²) < 4.78 is 6.17. The number of hydrogen-bond donors (Lipinski definition) is 0. The molecule has 5 rings (SSSR count). The smallest absolute Gasteiger partial charge is 0.144 e. The van der Waals surface area contributed by atoms with E-state index in [0.717, 1.165) is 44.1 Å². The summed E-state index contributed by atoms with van der Waals surface area (Å²) in [5.74, 6) is 0. The lowest BCUT2D eigenvalue weighted by Crippen LogP contribution is -1.87. The van der Waals surface area contributed by atoms with Gasteiger partial charge >= 0.3 is 0 Å². The lowest BCUT2D eigenvalue weighted by Gasteiger charge is -2.05. The van der Waals surface area contributed by atoms with Crippen molar-refractivity contribution >= 4 is 32.8 Å². The third-order valence-electron chi connectivity index (χ3n) is 4.50. The maximum Gasteiger partial charge on any atom is 0.144 e. The van der Waals surface area contributed by atoms with Crippen molar-refractivity contribution in [3.8, 4) is 11.3 Å². The number of aromatic nitrogens is 1. The molecule has 0 N–H and O–H groups in total. The monoisotopic (exact) mass is 309 g/mol. The first-order valence-electron chi connectivity index (χ1n) is 8.08. The summed E-state index contributed by atoms with van der Waals surface area (Å²) in [6, 6.07) is 24.9. The van der Waals surface area contributed by atoms with E-state index >= 15 is 0 Å². The van der Waals surface area contributed by atoms with Gasteiger partial charge in [0.2, 0.25) is 0 Å². The third-order valence-corrected chi connectivity index (χ3v) is 4.50. The molecular formula is C22H15NO. The fourth-order valence-corrected chi connectivity index (χ4v) is 3.38. The van der Waals surface area contributed by atoms with Gasteiger partial charge < -0.3 is 4.42 Å². The number of fused-ring (bicyclic) bond motifs is 4. The average Bonchev–Trinajstić information content (AvgIpc) is 2.99. The van der Waals surface area contributed by atoms with Crippen LogP contribution in [0.25, 0.3) is 44.1 Å². The van der Waals surface area contributed by atoms with Gasteiger partial charge in [-0.25, -0.2) is 4.98 Å². The second-order valence-corrected chi connectivity index (χ2v) is 6.18. The highest BCUT2D eigenvalue weighted by Crippen LogP contribution is 2.36. The summed E-state index contributed by atoms with van der Waals surface area (Å²) in [5.41, 5.74) is 6.03. The van der Waals surface area contributed by atoms with E-state index in [-0.39, 0.29) is 0 Å². The van der Waals surface area contributed by atoms with Crippen LogP contribution < -0.4 is 0 Å². The molecule has 0 atom stereocenters. The van der Waals surface area contributed by atoms with Crippen molar-refractivity contribution in [3.63, 3.8) is 0 Å². The van der Waals surface area contributed by atoms with Gasteiger partial charge in [0.25, 0.3) is 0 Å². The van der Waals surface area contributed by atoms with E-state index in [1.165, 1.54) is 5.56 Å². The predicted molar refractivity (Wildman–Crippen MR) is 99.2 cm³/mol. The number of furan rings is 1. The van der Waals surface area contributed by atoms with Crippen molar-refractivity contribution in [3.05, 3.63) is 78.4 Å². The Morgan fingerprint density at radius 1 is 0.792 bits per heavy atom. The van der Waals surface area contributed by atoms with Gasteiger partial charge in [0, 0.05) is 21.7 Å². The van der Waals surface area contributed by atoms with Crippen LogP contribution in [0.1, 0.15) is 5.56 Å². The first-order chi connectivity index (χ1) is 11.8. The summed E-state index contributed by atoms with van der Waals surface area (Å²) in [6.45, 7) is 2.12. The fraction of sp³-hybridized carbons (Fsp3) is 0.0455. The molecule has 0 bridgehead atoms. The molecule has 0 aliphatic rings. The van der Waals surface area contributed by atoms with Crippen LogP contribution in [0, 0.1) is 6.92 Å². The Morgan fingerprint density at radius 3 is 2.58 bits per heavy atom. The molecule has 3 aromatic carbocycles. The number of para-hydroxylation sites is 2. The van der Waals surface area contributed by atoms with Gasteiger partial charge in [-0.2, -0.15) is 0 Å². The molecule has 0 amide bonds. The van der Waals surface area contributed by atoms with Crippen LogP contribution in [-0.4, -0.2) is 4.98 Å². The lowest BCUT2D eigenvalue weighted by atomic mass is 10.0. The molecule has 0 fully saturated rings. The van der Waals surface area contributed by atoms with Gasteiger partial charge in [0.1, 0.15) is 11.2 Å². The molecule has 0 unspecified atom stereocenters. The van der Waals surface area contributed by atoms with Gasteiger partial charge in [-0.1, -0.05) is 42.5 Å². The van der Waals surface area contributed by atoms with Gasteiger partial charge in [-0.05, 0) is 42.8 Å². The summed E-state index contributed by atoms with van der Waals surface area (Å²) in [6.07, 6.45) is 0. The Balaban J connectivity index is 1.87. The zero-order valence-electron chi connectivity index (χ0n) is 13.3. The summed E-state index contributed by atoms with van der Waals surface area (Å²) in [7, 11) is 0. The van der Waals surface area contributed by atoms with E-state index in [4.69, 9.17) is 9.40 Å². The summed E-state index contributed by atoms with van der Waals surface area (Å²) in [5, 5.41) is 3.45. The Bertz CT molecular complexity index is 1220. The number of aryl methyl sites for hydroxylation is 1. The highest BCUT2D eigenvalue weighted by Gasteiger charge is 2.14. The minimum atomic E-state index is 0.907. The van der Waals surface area contributed by atoms with Crippen LogP contribution in [-0.2, 0) is 0 Å². The molecule has 24 heavy (non-hydrogen) atoms. The molecule has 2 heteroatoms. The van der Waals surface area contributed by atoms with Crippen molar-refractivity contribution in [1.82, 2.24) is 4.98 Å². The van der Waals surface area contributed by atoms with Crippen molar-refractivity contribution in [2.75, 3.05) is 0 Å². The molecule has 2 heterocycles. The molecule has 0 saturated heterocycles. The SMILES string of the molecule is Cc1cc(-c2ccc3ccccc3n2)c2oc3ccccc3c2c1. The van der Waals surface area contributed by atoms with E-state index in [1.54, 1.807) is 0 Å².